The van der Waals surface area contributed by atoms with E-state index in [4.69, 9.17) is 4.74 Å². The third kappa shape index (κ3) is 4.03. The van der Waals surface area contributed by atoms with E-state index in [1.807, 2.05) is 30.3 Å². The third-order valence-corrected chi connectivity index (χ3v) is 2.50. The van der Waals surface area contributed by atoms with Crippen molar-refractivity contribution >= 4 is 11.8 Å². The Hall–Kier alpha value is -2.49. The van der Waals surface area contributed by atoms with Gasteiger partial charge in [0.1, 0.15) is 18.7 Å². The maximum absolute atomic E-state index is 11.7. The molecule has 0 aliphatic rings. The van der Waals surface area contributed by atoms with Crippen molar-refractivity contribution in [3.8, 4) is 0 Å². The van der Waals surface area contributed by atoms with E-state index in [-0.39, 0.29) is 24.5 Å². The topological polar surface area (TPSA) is 56.3 Å². The van der Waals surface area contributed by atoms with Crippen molar-refractivity contribution in [3.05, 3.63) is 66.0 Å². The molecule has 0 aliphatic carbocycles. The number of carbonyl (C=O) groups is 2. The van der Waals surface area contributed by atoms with E-state index < -0.39 is 5.97 Å². The molecule has 0 N–H and O–H groups in total. The third-order valence-electron chi connectivity index (χ3n) is 2.50. The molecule has 0 atom stereocenters. The second-order valence-electron chi connectivity index (χ2n) is 3.96. The first-order valence-corrected chi connectivity index (χ1v) is 5.89. The van der Waals surface area contributed by atoms with Gasteiger partial charge in [-0.25, -0.2) is 0 Å². The molecule has 1 aromatic carbocycles. The fraction of sp³-hybridized carbons (Fsp3) is 0.133. The Labute approximate surface area is 111 Å². The molecule has 0 radical (unpaired) electrons. The highest BCUT2D eigenvalue weighted by atomic mass is 16.5. The van der Waals surface area contributed by atoms with Crippen molar-refractivity contribution in [3.63, 3.8) is 0 Å². The average molecular weight is 255 g/mol. The zero-order chi connectivity index (χ0) is 13.5. The summed E-state index contributed by atoms with van der Waals surface area (Å²) in [5, 5.41) is 0. The van der Waals surface area contributed by atoms with Gasteiger partial charge in [0.2, 0.25) is 0 Å². The first-order valence-electron chi connectivity index (χ1n) is 5.89. The van der Waals surface area contributed by atoms with Gasteiger partial charge in [0.15, 0.2) is 5.78 Å². The van der Waals surface area contributed by atoms with Gasteiger partial charge >= 0.3 is 5.97 Å². The number of ketones is 1. The predicted molar refractivity (Wildman–Crippen MR) is 69.4 cm³/mol. The van der Waals surface area contributed by atoms with Gasteiger partial charge in [-0.1, -0.05) is 36.4 Å². The van der Waals surface area contributed by atoms with Gasteiger partial charge in [-0.2, -0.15) is 0 Å². The van der Waals surface area contributed by atoms with E-state index in [9.17, 15) is 9.59 Å². The van der Waals surface area contributed by atoms with Gasteiger partial charge in [0.25, 0.3) is 0 Å². The highest BCUT2D eigenvalue weighted by Gasteiger charge is 2.13. The number of ether oxygens (including phenoxy) is 1. The molecule has 0 saturated heterocycles. The number of hydrogen-bond donors (Lipinski definition) is 0. The summed E-state index contributed by atoms with van der Waals surface area (Å²) in [6.07, 6.45) is 1.23. The summed E-state index contributed by atoms with van der Waals surface area (Å²) >= 11 is 0. The zero-order valence-corrected chi connectivity index (χ0v) is 10.3. The number of nitrogens with zero attached hydrogens (tertiary/aromatic N) is 1. The molecule has 0 saturated carbocycles. The number of hydrogen-bond acceptors (Lipinski definition) is 4. The smallest absolute Gasteiger partial charge is 0.314 e. The van der Waals surface area contributed by atoms with Crippen LogP contribution in [0.1, 0.15) is 22.5 Å². The van der Waals surface area contributed by atoms with E-state index in [2.05, 4.69) is 4.98 Å². The molecule has 1 aromatic heterocycles. The Kier molecular flexibility index (Phi) is 4.39. The SMILES string of the molecule is O=C(CC(=O)c1ccccn1)OCc1ccccc1. The number of esters is 1. The van der Waals surface area contributed by atoms with Gasteiger partial charge in [0, 0.05) is 6.20 Å². The number of Topliss-reactive ketones (excluding diaryl/α,β-unsaturated/α-hetero) is 1. The zero-order valence-electron chi connectivity index (χ0n) is 10.3. The first-order chi connectivity index (χ1) is 9.25. The van der Waals surface area contributed by atoms with Gasteiger partial charge in [-0.3, -0.25) is 14.6 Å². The molecule has 0 bridgehead atoms. The minimum absolute atomic E-state index is 0.176. The van der Waals surface area contributed by atoms with Crippen LogP contribution in [0.4, 0.5) is 0 Å². The number of carbonyl (C=O) groups excluding carboxylic acids is 2. The van der Waals surface area contributed by atoms with Crippen molar-refractivity contribution in [2.24, 2.45) is 0 Å². The molecule has 4 heteroatoms. The Morgan fingerprint density at radius 2 is 1.74 bits per heavy atom. The molecule has 0 amide bonds. The summed E-state index contributed by atoms with van der Waals surface area (Å²) in [6.45, 7) is 0.176. The van der Waals surface area contributed by atoms with Crippen molar-refractivity contribution < 1.29 is 14.3 Å². The van der Waals surface area contributed by atoms with Crippen LogP contribution in [0.3, 0.4) is 0 Å². The molecular weight excluding hydrogens is 242 g/mol. The number of aromatic nitrogens is 1. The van der Waals surface area contributed by atoms with Crippen molar-refractivity contribution in [1.29, 1.82) is 0 Å². The molecule has 0 aliphatic heterocycles. The maximum Gasteiger partial charge on any atom is 0.314 e. The summed E-state index contributed by atoms with van der Waals surface area (Å²) in [4.78, 5) is 27.1. The number of benzene rings is 1. The molecule has 1 heterocycles. The van der Waals surface area contributed by atoms with Gasteiger partial charge in [-0.05, 0) is 17.7 Å². The van der Waals surface area contributed by atoms with Crippen molar-refractivity contribution in [1.82, 2.24) is 4.98 Å². The maximum atomic E-state index is 11.7. The monoisotopic (exact) mass is 255 g/mol. The average Bonchev–Trinajstić information content (AvgIpc) is 2.47. The lowest BCUT2D eigenvalue weighted by molar-refractivity contribution is -0.143. The predicted octanol–water partition coefficient (Wildman–Crippen LogP) is 2.40. The van der Waals surface area contributed by atoms with Gasteiger partial charge < -0.3 is 4.74 Å². The highest BCUT2D eigenvalue weighted by molar-refractivity contribution is 6.04. The van der Waals surface area contributed by atoms with Crippen LogP contribution < -0.4 is 0 Å². The molecule has 2 rings (SSSR count). The molecule has 4 nitrogen and oxygen atoms in total. The minimum atomic E-state index is -0.542. The lowest BCUT2D eigenvalue weighted by Gasteiger charge is -2.04. The van der Waals surface area contributed by atoms with Crippen molar-refractivity contribution in [2.45, 2.75) is 13.0 Å². The van der Waals surface area contributed by atoms with Crippen LogP contribution in [0.2, 0.25) is 0 Å². The molecule has 0 unspecified atom stereocenters. The van der Waals surface area contributed by atoms with Crippen LogP contribution in [0.25, 0.3) is 0 Å². The highest BCUT2D eigenvalue weighted by Crippen LogP contribution is 2.04. The van der Waals surface area contributed by atoms with Crippen LogP contribution in [0.15, 0.2) is 54.7 Å². The van der Waals surface area contributed by atoms with Crippen LogP contribution >= 0.6 is 0 Å². The van der Waals surface area contributed by atoms with Gasteiger partial charge in [0.05, 0.1) is 0 Å². The second-order valence-corrected chi connectivity index (χ2v) is 3.96. The normalized spacial score (nSPS) is 9.89. The van der Waals surface area contributed by atoms with Crippen LogP contribution in [0.5, 0.6) is 0 Å². The second kappa shape index (κ2) is 6.44. The fourth-order valence-corrected chi connectivity index (χ4v) is 1.54. The van der Waals surface area contributed by atoms with Crippen LogP contribution in [-0.4, -0.2) is 16.7 Å². The van der Waals surface area contributed by atoms with Crippen molar-refractivity contribution in [2.75, 3.05) is 0 Å². The number of pyridine rings is 1. The summed E-state index contributed by atoms with van der Waals surface area (Å²) in [6, 6.07) is 14.3. The standard InChI is InChI=1S/C15H13NO3/c17-14(13-8-4-5-9-16-13)10-15(18)19-11-12-6-2-1-3-7-12/h1-9H,10-11H2. The summed E-state index contributed by atoms with van der Waals surface area (Å²) < 4.78 is 5.03. The first kappa shape index (κ1) is 13.0. The largest absolute Gasteiger partial charge is 0.460 e. The quantitative estimate of drug-likeness (QED) is 0.467. The molecule has 96 valence electrons. The molecule has 19 heavy (non-hydrogen) atoms. The number of rotatable bonds is 5. The molecular formula is C15H13NO3. The summed E-state index contributed by atoms with van der Waals surface area (Å²) in [5.74, 6) is -0.877. The van der Waals surface area contributed by atoms with E-state index in [1.165, 1.54) is 6.20 Å². The lowest BCUT2D eigenvalue weighted by Crippen LogP contribution is -2.12. The Bertz CT molecular complexity index is 552. The van der Waals surface area contributed by atoms with Crippen LogP contribution in [0, 0.1) is 0 Å². The van der Waals surface area contributed by atoms with E-state index in [0.29, 0.717) is 0 Å². The Morgan fingerprint density at radius 3 is 2.42 bits per heavy atom. The van der Waals surface area contributed by atoms with E-state index in [1.54, 1.807) is 18.2 Å². The molecule has 0 fully saturated rings. The van der Waals surface area contributed by atoms with E-state index >= 15 is 0 Å². The summed E-state index contributed by atoms with van der Waals surface area (Å²) in [5.41, 5.74) is 1.17. The summed E-state index contributed by atoms with van der Waals surface area (Å²) in [7, 11) is 0. The molecule has 0 spiro atoms. The fourth-order valence-electron chi connectivity index (χ4n) is 1.54. The Balaban J connectivity index is 1.83. The Morgan fingerprint density at radius 1 is 1.00 bits per heavy atom. The minimum Gasteiger partial charge on any atom is -0.460 e. The van der Waals surface area contributed by atoms with Gasteiger partial charge in [-0.15, -0.1) is 0 Å². The van der Waals surface area contributed by atoms with Crippen LogP contribution in [-0.2, 0) is 16.1 Å². The lowest BCUT2D eigenvalue weighted by atomic mass is 10.2. The molecule has 2 aromatic rings. The van der Waals surface area contributed by atoms with E-state index in [0.717, 1.165) is 5.56 Å².